The summed E-state index contributed by atoms with van der Waals surface area (Å²) in [6, 6.07) is 18.7. The molecule has 212 valence electrons. The van der Waals surface area contributed by atoms with Crippen LogP contribution >= 0.6 is 0 Å². The maximum atomic E-state index is 10.3. The summed E-state index contributed by atoms with van der Waals surface area (Å²) in [7, 11) is 3.89. The van der Waals surface area contributed by atoms with Gasteiger partial charge < -0.3 is 29.7 Å². The van der Waals surface area contributed by atoms with Gasteiger partial charge in [0.05, 0.1) is 25.1 Å². The second-order valence-corrected chi connectivity index (χ2v) is 10.7. The molecule has 1 fully saturated rings. The van der Waals surface area contributed by atoms with E-state index in [-0.39, 0.29) is 12.5 Å². The number of hydrogen-bond donors (Lipinski definition) is 2. The fourth-order valence-corrected chi connectivity index (χ4v) is 5.01. The minimum absolute atomic E-state index is 0.192. The highest BCUT2D eigenvalue weighted by Gasteiger charge is 2.21. The number of rotatable bonds is 11. The fourth-order valence-electron chi connectivity index (χ4n) is 5.01. The second kappa shape index (κ2) is 12.7. The van der Waals surface area contributed by atoms with Gasteiger partial charge in [0.25, 0.3) is 0 Å². The van der Waals surface area contributed by atoms with Crippen LogP contribution in [-0.4, -0.2) is 79.4 Å². The number of benzene rings is 2. The van der Waals surface area contributed by atoms with Crippen molar-refractivity contribution in [3.63, 3.8) is 0 Å². The topological polar surface area (TPSA) is 87.4 Å². The monoisotopic (exact) mass is 544 g/mol. The maximum absolute atomic E-state index is 10.3. The Morgan fingerprint density at radius 3 is 2.60 bits per heavy atom. The van der Waals surface area contributed by atoms with Crippen LogP contribution in [0.15, 0.2) is 60.8 Å². The molecule has 4 aromatic rings. The van der Waals surface area contributed by atoms with Crippen molar-refractivity contribution in [3.05, 3.63) is 71.9 Å². The first-order valence-corrected chi connectivity index (χ1v) is 14.0. The van der Waals surface area contributed by atoms with Crippen molar-refractivity contribution in [2.24, 2.45) is 0 Å². The Kier molecular flexibility index (Phi) is 8.84. The number of morpholine rings is 1. The second-order valence-electron chi connectivity index (χ2n) is 10.7. The summed E-state index contributed by atoms with van der Waals surface area (Å²) in [5, 5.41) is 18.0. The van der Waals surface area contributed by atoms with E-state index in [1.807, 2.05) is 36.0 Å². The molecular weight excluding hydrogens is 504 g/mol. The van der Waals surface area contributed by atoms with Crippen LogP contribution in [0.2, 0.25) is 0 Å². The van der Waals surface area contributed by atoms with E-state index < -0.39 is 6.10 Å². The third-order valence-electron chi connectivity index (χ3n) is 7.21. The molecule has 0 spiro atoms. The largest absolute Gasteiger partial charge is 0.491 e. The number of nitrogens with one attached hydrogen (secondary N) is 1. The summed E-state index contributed by atoms with van der Waals surface area (Å²) in [6.07, 6.45) is 1.32. The van der Waals surface area contributed by atoms with E-state index in [4.69, 9.17) is 19.6 Å². The van der Waals surface area contributed by atoms with Gasteiger partial charge in [-0.15, -0.1) is 0 Å². The number of hydrogen-bond acceptors (Lipinski definition) is 8. The molecule has 2 aromatic carbocycles. The zero-order valence-electron chi connectivity index (χ0n) is 23.9. The van der Waals surface area contributed by atoms with Crippen molar-refractivity contribution in [1.29, 1.82) is 0 Å². The predicted molar refractivity (Wildman–Crippen MR) is 160 cm³/mol. The standard InChI is InChI=1S/C31H40N6O3/c1-22(2)28-19-33-37-30(36-10-12-39-13-11-36)17-29(34-31(28)37)24-14-25(35(4)20-23-8-6-5-7-9-23)16-27(15-24)40-21-26(38)18-32-3/h5-9,14-17,19,22,26,32,38H,10-13,18,20-21H2,1-4H3. The molecule has 1 unspecified atom stereocenters. The lowest BCUT2D eigenvalue weighted by Crippen LogP contribution is -2.37. The first kappa shape index (κ1) is 27.9. The molecule has 2 N–H and O–H groups in total. The molecule has 1 aliphatic rings. The molecule has 3 heterocycles. The van der Waals surface area contributed by atoms with Gasteiger partial charge in [-0.25, -0.2) is 4.98 Å². The zero-order chi connectivity index (χ0) is 28.1. The molecular formula is C31H40N6O3. The number of aromatic nitrogens is 3. The van der Waals surface area contributed by atoms with Crippen LogP contribution in [0, 0.1) is 0 Å². The molecule has 0 saturated carbocycles. The minimum Gasteiger partial charge on any atom is -0.491 e. The highest BCUT2D eigenvalue weighted by Crippen LogP contribution is 2.34. The lowest BCUT2D eigenvalue weighted by atomic mass is 10.1. The van der Waals surface area contributed by atoms with Crippen LogP contribution in [0.3, 0.4) is 0 Å². The van der Waals surface area contributed by atoms with E-state index in [1.165, 1.54) is 5.56 Å². The molecule has 0 radical (unpaired) electrons. The van der Waals surface area contributed by atoms with Gasteiger partial charge in [0.1, 0.15) is 24.3 Å². The van der Waals surface area contributed by atoms with Gasteiger partial charge in [0.2, 0.25) is 0 Å². The van der Waals surface area contributed by atoms with Gasteiger partial charge in [0.15, 0.2) is 5.65 Å². The van der Waals surface area contributed by atoms with E-state index in [0.29, 0.717) is 25.5 Å². The number of ether oxygens (including phenoxy) is 2. The summed E-state index contributed by atoms with van der Waals surface area (Å²) in [6.45, 7) is 8.70. The van der Waals surface area contributed by atoms with Crippen LogP contribution in [0.25, 0.3) is 16.9 Å². The summed E-state index contributed by atoms with van der Waals surface area (Å²) in [4.78, 5) is 9.66. The lowest BCUT2D eigenvalue weighted by Gasteiger charge is -2.29. The summed E-state index contributed by atoms with van der Waals surface area (Å²) >= 11 is 0. The molecule has 2 aromatic heterocycles. The van der Waals surface area contributed by atoms with E-state index in [0.717, 1.165) is 53.6 Å². The van der Waals surface area contributed by atoms with Crippen LogP contribution in [-0.2, 0) is 11.3 Å². The molecule has 0 bridgehead atoms. The smallest absolute Gasteiger partial charge is 0.161 e. The Balaban J connectivity index is 1.58. The summed E-state index contributed by atoms with van der Waals surface area (Å²) < 4.78 is 13.7. The fraction of sp³-hybridized carbons (Fsp3) is 0.419. The van der Waals surface area contributed by atoms with E-state index in [2.05, 4.69) is 72.4 Å². The zero-order valence-corrected chi connectivity index (χ0v) is 23.9. The molecule has 1 atom stereocenters. The Morgan fingerprint density at radius 2 is 1.88 bits per heavy atom. The van der Waals surface area contributed by atoms with Crippen molar-refractivity contribution in [2.45, 2.75) is 32.4 Å². The Morgan fingerprint density at radius 1 is 1.10 bits per heavy atom. The van der Waals surface area contributed by atoms with Gasteiger partial charge in [-0.2, -0.15) is 9.61 Å². The highest BCUT2D eigenvalue weighted by molar-refractivity contribution is 5.73. The Bertz CT molecular complexity index is 1400. The highest BCUT2D eigenvalue weighted by atomic mass is 16.5. The van der Waals surface area contributed by atoms with Crippen molar-refractivity contribution >= 4 is 17.2 Å². The molecule has 5 rings (SSSR count). The summed E-state index contributed by atoms with van der Waals surface area (Å²) in [5.74, 6) is 1.98. The Hall–Kier alpha value is -3.66. The lowest BCUT2D eigenvalue weighted by molar-refractivity contribution is 0.108. The van der Waals surface area contributed by atoms with Gasteiger partial charge >= 0.3 is 0 Å². The number of aliphatic hydroxyl groups excluding tert-OH is 1. The number of anilines is 2. The quantitative estimate of drug-likeness (QED) is 0.294. The first-order valence-electron chi connectivity index (χ1n) is 14.0. The minimum atomic E-state index is -0.609. The molecule has 0 amide bonds. The molecule has 1 aliphatic heterocycles. The molecule has 9 nitrogen and oxygen atoms in total. The van der Waals surface area contributed by atoms with Crippen LogP contribution in [0.5, 0.6) is 5.75 Å². The normalized spacial score (nSPS) is 14.6. The van der Waals surface area contributed by atoms with Gasteiger partial charge in [-0.1, -0.05) is 44.2 Å². The maximum Gasteiger partial charge on any atom is 0.161 e. The predicted octanol–water partition coefficient (Wildman–Crippen LogP) is 3.95. The van der Waals surface area contributed by atoms with Crippen molar-refractivity contribution in [3.8, 4) is 17.0 Å². The van der Waals surface area contributed by atoms with E-state index in [9.17, 15) is 5.11 Å². The third-order valence-corrected chi connectivity index (χ3v) is 7.21. The molecule has 1 saturated heterocycles. The van der Waals surface area contributed by atoms with Gasteiger partial charge in [-0.05, 0) is 30.7 Å². The van der Waals surface area contributed by atoms with Crippen molar-refractivity contribution < 1.29 is 14.6 Å². The van der Waals surface area contributed by atoms with Crippen LogP contribution in [0.4, 0.5) is 11.5 Å². The number of fused-ring (bicyclic) bond motifs is 1. The van der Waals surface area contributed by atoms with Crippen LogP contribution < -0.4 is 19.9 Å². The van der Waals surface area contributed by atoms with E-state index >= 15 is 0 Å². The van der Waals surface area contributed by atoms with Crippen molar-refractivity contribution in [2.75, 3.05) is 63.4 Å². The van der Waals surface area contributed by atoms with Crippen molar-refractivity contribution in [1.82, 2.24) is 19.9 Å². The number of nitrogens with zero attached hydrogens (tertiary/aromatic N) is 5. The first-order chi connectivity index (χ1) is 19.4. The third kappa shape index (κ3) is 6.38. The van der Waals surface area contributed by atoms with Crippen LogP contribution in [0.1, 0.15) is 30.9 Å². The summed E-state index contributed by atoms with van der Waals surface area (Å²) in [5.41, 5.74) is 6.00. The molecule has 0 aliphatic carbocycles. The number of aliphatic hydroxyl groups is 1. The number of likely N-dealkylation sites (N-methyl/N-ethyl adjacent to an activating group) is 1. The average Bonchev–Trinajstić information content (AvgIpc) is 3.41. The average molecular weight is 545 g/mol. The SMILES string of the molecule is CNCC(O)COc1cc(-c2cc(N3CCOCC3)n3ncc(C(C)C)c3n2)cc(N(C)Cc2ccccc2)c1. The molecule has 9 heteroatoms. The van der Waals surface area contributed by atoms with Gasteiger partial charge in [0, 0.05) is 62.2 Å². The molecule has 40 heavy (non-hydrogen) atoms. The van der Waals surface area contributed by atoms with Gasteiger partial charge in [-0.3, -0.25) is 0 Å². The van der Waals surface area contributed by atoms with E-state index in [1.54, 1.807) is 0 Å². The Labute approximate surface area is 236 Å².